The van der Waals surface area contributed by atoms with Crippen molar-refractivity contribution in [2.24, 2.45) is 0 Å². The molecule has 2 aromatic heterocycles. The molecule has 0 unspecified atom stereocenters. The molecule has 1 saturated heterocycles. The number of hydrogen-bond acceptors (Lipinski definition) is 6. The van der Waals surface area contributed by atoms with Gasteiger partial charge in [-0.15, -0.1) is 5.10 Å². The summed E-state index contributed by atoms with van der Waals surface area (Å²) in [6, 6.07) is 15.9. The molecule has 1 aliphatic rings. The van der Waals surface area contributed by atoms with Gasteiger partial charge in [-0.05, 0) is 74.4 Å². The fourth-order valence-corrected chi connectivity index (χ4v) is 3.97. The van der Waals surface area contributed by atoms with E-state index in [1.165, 1.54) is 16.8 Å². The minimum atomic E-state index is -0.422. The predicted molar refractivity (Wildman–Crippen MR) is 130 cm³/mol. The minimum absolute atomic E-state index is 0.0948. The Bertz CT molecular complexity index is 1400. The van der Waals surface area contributed by atoms with E-state index in [-0.39, 0.29) is 17.4 Å². The molecule has 0 spiro atoms. The molecular weight excluding hydrogens is 463 g/mol. The third-order valence-corrected chi connectivity index (χ3v) is 5.87. The van der Waals surface area contributed by atoms with Gasteiger partial charge in [-0.1, -0.05) is 5.21 Å². The summed E-state index contributed by atoms with van der Waals surface area (Å²) in [6.45, 7) is 3.22. The number of benzene rings is 2. The number of ether oxygens (including phenoxy) is 1. The van der Waals surface area contributed by atoms with Gasteiger partial charge in [-0.25, -0.2) is 9.07 Å². The van der Waals surface area contributed by atoms with Crippen LogP contribution in [0.4, 0.5) is 10.1 Å². The first kappa shape index (κ1) is 23.2. The Labute approximate surface area is 206 Å². The smallest absolute Gasteiger partial charge is 0.278 e. The van der Waals surface area contributed by atoms with Crippen LogP contribution in [0.15, 0.2) is 66.9 Å². The second-order valence-corrected chi connectivity index (χ2v) is 8.37. The molecule has 1 N–H and O–H groups in total. The van der Waals surface area contributed by atoms with Crippen LogP contribution < -0.4 is 10.1 Å². The molecule has 1 aliphatic heterocycles. The number of amides is 2. The maximum Gasteiger partial charge on any atom is 0.278 e. The highest BCUT2D eigenvalue weighted by molar-refractivity contribution is 6.03. The molecule has 5 rings (SSSR count). The first-order valence-corrected chi connectivity index (χ1v) is 11.5. The zero-order valence-corrected chi connectivity index (χ0v) is 19.5. The normalized spacial score (nSPS) is 13.0. The summed E-state index contributed by atoms with van der Waals surface area (Å²) >= 11 is 0. The highest BCUT2D eigenvalue weighted by Crippen LogP contribution is 2.24. The van der Waals surface area contributed by atoms with Gasteiger partial charge in [0.25, 0.3) is 11.8 Å². The molecule has 0 saturated carbocycles. The lowest BCUT2D eigenvalue weighted by Gasteiger charge is -2.15. The summed E-state index contributed by atoms with van der Waals surface area (Å²) in [5.74, 6) is 0.160. The van der Waals surface area contributed by atoms with E-state index in [9.17, 15) is 14.0 Å². The first-order valence-electron chi connectivity index (χ1n) is 11.5. The molecule has 9 nitrogen and oxygen atoms in total. The number of pyridine rings is 1. The summed E-state index contributed by atoms with van der Waals surface area (Å²) < 4.78 is 20.6. The molecule has 3 heterocycles. The summed E-state index contributed by atoms with van der Waals surface area (Å²) in [5, 5.41) is 10.8. The van der Waals surface area contributed by atoms with E-state index in [2.05, 4.69) is 20.6 Å². The molecule has 0 aliphatic carbocycles. The topological polar surface area (TPSA) is 102 Å². The van der Waals surface area contributed by atoms with Crippen molar-refractivity contribution in [3.63, 3.8) is 0 Å². The third-order valence-electron chi connectivity index (χ3n) is 5.87. The molecule has 0 atom stereocenters. The van der Waals surface area contributed by atoms with Crippen LogP contribution in [0.1, 0.15) is 39.5 Å². The SMILES string of the molecule is Cc1c(C(=O)Nc2ccc(Oc3ccnc(C(=O)N4CCCC4)c3)cc2)nnn1-c1ccc(F)cc1. The molecule has 10 heteroatoms. The molecule has 1 fully saturated rings. The lowest BCUT2D eigenvalue weighted by atomic mass is 10.2. The zero-order valence-electron chi connectivity index (χ0n) is 19.5. The van der Waals surface area contributed by atoms with Gasteiger partial charge in [0.1, 0.15) is 23.0 Å². The summed E-state index contributed by atoms with van der Waals surface area (Å²) in [5.41, 5.74) is 2.18. The molecule has 0 radical (unpaired) electrons. The monoisotopic (exact) mass is 486 g/mol. The predicted octanol–water partition coefficient (Wildman–Crippen LogP) is 4.39. The van der Waals surface area contributed by atoms with E-state index in [0.717, 1.165) is 25.9 Å². The number of halogens is 1. The van der Waals surface area contributed by atoms with Crippen molar-refractivity contribution in [3.8, 4) is 17.2 Å². The standard InChI is InChI=1S/C26H23FN6O3/c1-17-24(30-31-33(17)20-8-4-18(27)5-9-20)25(34)29-19-6-10-21(11-7-19)36-22-12-13-28-23(16-22)26(35)32-14-2-3-15-32/h4-13,16H,2-3,14-15H2,1H3,(H,29,34). The van der Waals surface area contributed by atoms with E-state index in [1.807, 2.05) is 0 Å². The number of aromatic nitrogens is 4. The lowest BCUT2D eigenvalue weighted by Crippen LogP contribution is -2.28. The molecule has 2 aromatic carbocycles. The van der Waals surface area contributed by atoms with Crippen LogP contribution in [-0.4, -0.2) is 49.8 Å². The number of anilines is 1. The number of hydrogen-bond donors (Lipinski definition) is 1. The van der Waals surface area contributed by atoms with Crippen LogP contribution in [0.2, 0.25) is 0 Å². The fraction of sp³-hybridized carbons (Fsp3) is 0.192. The van der Waals surface area contributed by atoms with Gasteiger partial charge in [0, 0.05) is 31.0 Å². The Morgan fingerprint density at radius 2 is 1.69 bits per heavy atom. The largest absolute Gasteiger partial charge is 0.457 e. The maximum absolute atomic E-state index is 13.2. The van der Waals surface area contributed by atoms with Gasteiger partial charge in [0.05, 0.1) is 11.4 Å². The number of likely N-dealkylation sites (tertiary alicyclic amines) is 1. The fourth-order valence-electron chi connectivity index (χ4n) is 3.97. The van der Waals surface area contributed by atoms with Crippen molar-refractivity contribution in [1.82, 2.24) is 24.9 Å². The Morgan fingerprint density at radius 1 is 0.972 bits per heavy atom. The quantitative estimate of drug-likeness (QED) is 0.434. The average molecular weight is 487 g/mol. The number of nitrogens with zero attached hydrogens (tertiary/aromatic N) is 5. The van der Waals surface area contributed by atoms with Gasteiger partial charge >= 0.3 is 0 Å². The maximum atomic E-state index is 13.2. The van der Waals surface area contributed by atoms with E-state index in [4.69, 9.17) is 4.74 Å². The Hall–Kier alpha value is -4.60. The molecule has 2 amide bonds. The van der Waals surface area contributed by atoms with Crippen LogP contribution in [0, 0.1) is 12.7 Å². The van der Waals surface area contributed by atoms with E-state index < -0.39 is 5.91 Å². The van der Waals surface area contributed by atoms with Gasteiger partial charge in [0.2, 0.25) is 0 Å². The summed E-state index contributed by atoms with van der Waals surface area (Å²) in [4.78, 5) is 31.3. The molecule has 36 heavy (non-hydrogen) atoms. The average Bonchev–Trinajstić information content (AvgIpc) is 3.56. The molecule has 4 aromatic rings. The van der Waals surface area contributed by atoms with Gasteiger partial charge in [0.15, 0.2) is 5.69 Å². The van der Waals surface area contributed by atoms with Crippen molar-refractivity contribution in [1.29, 1.82) is 0 Å². The second kappa shape index (κ2) is 9.95. The Balaban J connectivity index is 1.24. The second-order valence-electron chi connectivity index (χ2n) is 8.37. The van der Waals surface area contributed by atoms with Crippen molar-refractivity contribution in [2.45, 2.75) is 19.8 Å². The van der Waals surface area contributed by atoms with Crippen molar-refractivity contribution >= 4 is 17.5 Å². The first-order chi connectivity index (χ1) is 17.5. The van der Waals surface area contributed by atoms with Crippen molar-refractivity contribution < 1.29 is 18.7 Å². The van der Waals surface area contributed by atoms with E-state index in [1.54, 1.807) is 66.6 Å². The van der Waals surface area contributed by atoms with Gasteiger partial charge in [-0.3, -0.25) is 14.6 Å². The number of rotatable bonds is 6. The number of carbonyl (C=O) groups is 2. The van der Waals surface area contributed by atoms with Crippen molar-refractivity contribution in [2.75, 3.05) is 18.4 Å². The minimum Gasteiger partial charge on any atom is -0.457 e. The van der Waals surface area contributed by atoms with E-state index >= 15 is 0 Å². The number of nitrogens with one attached hydrogen (secondary N) is 1. The Morgan fingerprint density at radius 3 is 2.42 bits per heavy atom. The van der Waals surface area contributed by atoms with Crippen LogP contribution in [0.3, 0.4) is 0 Å². The van der Waals surface area contributed by atoms with Crippen LogP contribution in [0.5, 0.6) is 11.5 Å². The van der Waals surface area contributed by atoms with Crippen LogP contribution >= 0.6 is 0 Å². The zero-order chi connectivity index (χ0) is 25.1. The third kappa shape index (κ3) is 4.92. The number of carbonyl (C=O) groups excluding carboxylic acids is 2. The van der Waals surface area contributed by atoms with Gasteiger partial charge in [-0.2, -0.15) is 0 Å². The molecule has 0 bridgehead atoms. The van der Waals surface area contributed by atoms with Crippen molar-refractivity contribution in [3.05, 3.63) is 89.8 Å². The van der Waals surface area contributed by atoms with Gasteiger partial charge < -0.3 is 15.0 Å². The highest BCUT2D eigenvalue weighted by Gasteiger charge is 2.21. The summed E-state index contributed by atoms with van der Waals surface area (Å²) in [6.07, 6.45) is 3.57. The van der Waals surface area contributed by atoms with Crippen LogP contribution in [0.25, 0.3) is 5.69 Å². The highest BCUT2D eigenvalue weighted by atomic mass is 19.1. The lowest BCUT2D eigenvalue weighted by molar-refractivity contribution is 0.0786. The summed E-state index contributed by atoms with van der Waals surface area (Å²) in [7, 11) is 0. The van der Waals surface area contributed by atoms with Crippen LogP contribution in [-0.2, 0) is 0 Å². The van der Waals surface area contributed by atoms with E-state index in [0.29, 0.717) is 34.3 Å². The molecule has 182 valence electrons. The molecular formula is C26H23FN6O3. The Kier molecular flexibility index (Phi) is 6.40.